The van der Waals surface area contributed by atoms with E-state index in [1.54, 1.807) is 0 Å². The fourth-order valence-corrected chi connectivity index (χ4v) is 16.7. The summed E-state index contributed by atoms with van der Waals surface area (Å²) >= 11 is 0. The van der Waals surface area contributed by atoms with Gasteiger partial charge in [-0.05, 0) is 223 Å². The van der Waals surface area contributed by atoms with Crippen molar-refractivity contribution >= 4 is 169 Å². The summed E-state index contributed by atoms with van der Waals surface area (Å²) < 4.78 is 0. The molecule has 0 saturated heterocycles. The van der Waals surface area contributed by atoms with Gasteiger partial charge in [-0.2, -0.15) is 0 Å². The molecule has 15 aromatic carbocycles. The maximum atomic E-state index is 4.52. The largest absolute Gasteiger partial charge is 0.114 e. The number of fused-ring (bicyclic) bond motifs is 21. The highest BCUT2D eigenvalue weighted by Gasteiger charge is 2.18. The molecule has 81 heavy (non-hydrogen) atoms. The summed E-state index contributed by atoms with van der Waals surface area (Å²) in [6, 6.07) is 87.1. The van der Waals surface area contributed by atoms with Crippen LogP contribution in [-0.4, -0.2) is 58.9 Å². The summed E-state index contributed by atoms with van der Waals surface area (Å²) in [5.41, 5.74) is 4.34. The van der Waals surface area contributed by atoms with Gasteiger partial charge in [0.2, 0.25) is 0 Å². The first-order valence-electron chi connectivity index (χ1n) is 28.3. The Hall–Kier alpha value is -7.68. The van der Waals surface area contributed by atoms with Crippen LogP contribution in [0, 0.1) is 0 Å². The van der Waals surface area contributed by atoms with E-state index in [-0.39, 0.29) is 0 Å². The predicted octanol–water partition coefficient (Wildman–Crippen LogP) is 22.5. The highest BCUT2D eigenvalue weighted by molar-refractivity contribution is 7.72. The van der Waals surface area contributed by atoms with E-state index in [1.807, 2.05) is 0 Å². The van der Waals surface area contributed by atoms with Gasteiger partial charge < -0.3 is 0 Å². The summed E-state index contributed by atoms with van der Waals surface area (Å²) in [5, 5.41) is 32.4. The van der Waals surface area contributed by atoms with E-state index < -0.39 is 20.7 Å². The van der Waals surface area contributed by atoms with Crippen LogP contribution in [0.3, 0.4) is 0 Å². The minimum atomic E-state index is -1.22. The third kappa shape index (κ3) is 10.1. The molecule has 396 valence electrons. The molecule has 0 saturated carbocycles. The van der Waals surface area contributed by atoms with Crippen molar-refractivity contribution in [1.29, 1.82) is 0 Å². The normalized spacial score (nSPS) is 12.4. The van der Waals surface area contributed by atoms with E-state index in [0.29, 0.717) is 0 Å². The van der Waals surface area contributed by atoms with Crippen molar-refractivity contribution in [2.24, 2.45) is 0 Å². The van der Waals surface area contributed by atoms with Crippen LogP contribution in [0.15, 0.2) is 237 Å². The van der Waals surface area contributed by atoms with Crippen molar-refractivity contribution in [3.05, 3.63) is 253 Å². The van der Waals surface area contributed by atoms with Crippen LogP contribution in [0.4, 0.5) is 0 Å². The molecule has 0 aliphatic rings. The zero-order valence-corrected chi connectivity index (χ0v) is 50.3. The highest BCUT2D eigenvalue weighted by Crippen LogP contribution is 2.48. The Labute approximate surface area is 477 Å². The second kappa shape index (κ2) is 20.7. The molecule has 0 amide bonds. The van der Waals surface area contributed by atoms with Crippen molar-refractivity contribution in [2.45, 2.75) is 18.5 Å². The molecule has 15 rings (SSSR count). The molecule has 0 fully saturated rings. The van der Waals surface area contributed by atoms with Crippen molar-refractivity contribution in [1.82, 2.24) is 0 Å². The summed E-state index contributed by atoms with van der Waals surface area (Å²) in [6.07, 6.45) is 16.7. The molecule has 0 atom stereocenters. The van der Waals surface area contributed by atoms with E-state index in [4.69, 9.17) is 0 Å². The topological polar surface area (TPSA) is 0 Å². The molecule has 0 spiro atoms. The molecule has 0 aliphatic carbocycles. The molecule has 0 unspecified atom stereocenters. The molecular formula is C78H69P3. The zero-order chi connectivity index (χ0) is 55.8. The van der Waals surface area contributed by atoms with Crippen LogP contribution < -0.4 is 0 Å². The monoisotopic (exact) mass is 1100 g/mol. The van der Waals surface area contributed by atoms with Gasteiger partial charge in [0.15, 0.2) is 0 Å². The van der Waals surface area contributed by atoms with Crippen LogP contribution in [0.25, 0.3) is 129 Å². The highest BCUT2D eigenvalue weighted by atomic mass is 31.2. The molecule has 0 heterocycles. The Morgan fingerprint density at radius 1 is 0.222 bits per heavy atom. The number of hydrogen-bond acceptors (Lipinski definition) is 0. The van der Waals surface area contributed by atoms with Crippen LogP contribution in [0.5, 0.6) is 0 Å². The Kier molecular flexibility index (Phi) is 13.5. The quantitative estimate of drug-likeness (QED) is 0.0884. The van der Waals surface area contributed by atoms with Crippen molar-refractivity contribution in [2.75, 3.05) is 40.0 Å². The van der Waals surface area contributed by atoms with E-state index in [2.05, 4.69) is 295 Å². The van der Waals surface area contributed by atoms with Crippen LogP contribution in [0.2, 0.25) is 0 Å². The summed E-state index contributed by atoms with van der Waals surface area (Å²) in [4.78, 5) is 0. The lowest BCUT2D eigenvalue weighted by Crippen LogP contribution is -1.93. The first-order valence-corrected chi connectivity index (χ1v) is 37.5. The van der Waals surface area contributed by atoms with E-state index >= 15 is 0 Å². The van der Waals surface area contributed by atoms with Gasteiger partial charge in [0.25, 0.3) is 0 Å². The average molecular weight is 1100 g/mol. The summed E-state index contributed by atoms with van der Waals surface area (Å²) in [7, 11) is 0. The summed E-state index contributed by atoms with van der Waals surface area (Å²) in [5.74, 6) is 0. The minimum absolute atomic E-state index is 1.07. The number of rotatable bonds is 6. The molecule has 0 aromatic heterocycles. The fraction of sp³-hybridized carbons (Fsp3) is 0.115. The first kappa shape index (κ1) is 52.7. The van der Waals surface area contributed by atoms with Gasteiger partial charge in [0.05, 0.1) is 0 Å². The van der Waals surface area contributed by atoms with Gasteiger partial charge in [0.1, 0.15) is 0 Å². The molecule has 0 aliphatic heterocycles. The second-order valence-corrected chi connectivity index (χ2v) is 37.2. The van der Waals surface area contributed by atoms with E-state index in [0.717, 1.165) is 18.5 Å². The lowest BCUT2D eigenvalue weighted by molar-refractivity contribution is 1.45. The SMILES string of the molecule is C=P(C)(C)Cc1c2ccc3ccccc3c2cc2c1ccc1ccccc12.C=P(C)(C)Cc1cc2c(ccc3c4ccccc4ccc32)c2ccccc12.C=P(C)(C)Cc1cc2c3ccccc3c3ccccc3c2c2ccccc12. The Morgan fingerprint density at radius 2 is 0.481 bits per heavy atom. The average Bonchev–Trinajstić information content (AvgIpc) is 3.66. The molecule has 0 N–H and O–H groups in total. The fourth-order valence-electron chi connectivity index (χ4n) is 13.1. The van der Waals surface area contributed by atoms with Crippen molar-refractivity contribution in [3.63, 3.8) is 0 Å². The second-order valence-electron chi connectivity index (χ2n) is 24.6. The molecular weight excluding hydrogens is 1030 g/mol. The lowest BCUT2D eigenvalue weighted by atomic mass is 9.89. The van der Waals surface area contributed by atoms with Gasteiger partial charge in [-0.25, -0.2) is 0 Å². The Morgan fingerprint density at radius 3 is 0.926 bits per heavy atom. The molecule has 0 bridgehead atoms. The van der Waals surface area contributed by atoms with Gasteiger partial charge in [-0.1, -0.05) is 218 Å². The van der Waals surface area contributed by atoms with Crippen LogP contribution in [-0.2, 0) is 18.5 Å². The Bertz CT molecular complexity index is 5100. The van der Waals surface area contributed by atoms with Crippen LogP contribution >= 0.6 is 20.7 Å². The molecule has 3 heteroatoms. The standard InChI is InChI=1S/3C26H23P/c1-27(2,3)17-18-16-25-22-13-6-5-11-20(22)21-12-7-9-15-24(21)26(25)23-14-8-4-10-19(18)23;1-27(2,3)17-26-22-14-12-18-8-4-6-10-20(18)24(22)16-25-21-11-7-5-9-19(21)13-15-23(25)26;1-27(2,3)17-19-16-26-24-13-12-18-8-4-5-9-20(18)23(24)14-15-25(26)22-11-7-6-10-21(19)22/h3*4-16H,1,17H2,2-3H3. The molecule has 15 aromatic rings. The minimum Gasteiger partial charge on any atom is -0.114 e. The van der Waals surface area contributed by atoms with Gasteiger partial charge in [-0.15, -0.1) is 39.6 Å². The predicted molar refractivity (Wildman–Crippen MR) is 378 cm³/mol. The van der Waals surface area contributed by atoms with Gasteiger partial charge >= 0.3 is 0 Å². The lowest BCUT2D eigenvalue weighted by Gasteiger charge is -2.19. The van der Waals surface area contributed by atoms with Crippen LogP contribution in [0.1, 0.15) is 16.7 Å². The maximum Gasteiger partial charge on any atom is -0.00202 e. The number of hydrogen-bond donors (Lipinski definition) is 0. The number of benzene rings is 15. The van der Waals surface area contributed by atoms with Crippen molar-refractivity contribution < 1.29 is 0 Å². The van der Waals surface area contributed by atoms with Crippen molar-refractivity contribution in [3.8, 4) is 0 Å². The Balaban J connectivity index is 0.000000114. The molecule has 0 radical (unpaired) electrons. The van der Waals surface area contributed by atoms with E-state index in [9.17, 15) is 0 Å². The first-order chi connectivity index (χ1) is 39.0. The summed E-state index contributed by atoms with van der Waals surface area (Å²) in [6.45, 7) is 10.4. The van der Waals surface area contributed by atoms with E-state index in [1.165, 1.54) is 146 Å². The zero-order valence-electron chi connectivity index (χ0n) is 47.6. The van der Waals surface area contributed by atoms with Gasteiger partial charge in [0, 0.05) is 0 Å². The molecule has 0 nitrogen and oxygen atoms in total. The van der Waals surface area contributed by atoms with Gasteiger partial charge in [-0.3, -0.25) is 0 Å². The third-order valence-corrected chi connectivity index (χ3v) is 19.9. The maximum absolute atomic E-state index is 4.52. The smallest absolute Gasteiger partial charge is 0.00202 e. The third-order valence-electron chi connectivity index (χ3n) is 16.3.